The van der Waals surface area contributed by atoms with Gasteiger partial charge in [-0.05, 0) is 48.4 Å². The van der Waals surface area contributed by atoms with Crippen molar-refractivity contribution in [3.63, 3.8) is 0 Å². The van der Waals surface area contributed by atoms with E-state index in [0.717, 1.165) is 30.5 Å². The summed E-state index contributed by atoms with van der Waals surface area (Å²) in [5.41, 5.74) is 2.97. The quantitative estimate of drug-likeness (QED) is 0.676. The van der Waals surface area contributed by atoms with Crippen molar-refractivity contribution < 1.29 is 8.42 Å². The zero-order valence-corrected chi connectivity index (χ0v) is 16.2. The topological polar surface area (TPSA) is 58.2 Å². The molecule has 1 heterocycles. The van der Waals surface area contributed by atoms with Gasteiger partial charge < -0.3 is 5.32 Å². The van der Waals surface area contributed by atoms with Gasteiger partial charge in [-0.3, -0.25) is 4.72 Å². The molecule has 1 aliphatic heterocycles. The summed E-state index contributed by atoms with van der Waals surface area (Å²) in [4.78, 5) is 0.225. The van der Waals surface area contributed by atoms with Gasteiger partial charge in [-0.15, -0.1) is 12.4 Å². The predicted molar refractivity (Wildman–Crippen MR) is 109 cm³/mol. The summed E-state index contributed by atoms with van der Waals surface area (Å²) in [6.07, 6.45) is 0.962. The third-order valence-electron chi connectivity index (χ3n) is 4.46. The third-order valence-corrected chi connectivity index (χ3v) is 6.23. The minimum atomic E-state index is -3.71. The van der Waals surface area contributed by atoms with Gasteiger partial charge in [0.05, 0.1) is 4.90 Å². The van der Waals surface area contributed by atoms with Gasteiger partial charge in [-0.25, -0.2) is 8.42 Å². The summed E-state index contributed by atoms with van der Waals surface area (Å²) < 4.78 is 28.5. The molecule has 0 bridgehead atoms. The normalized spacial score (nSPS) is 13.7. The minimum absolute atomic E-state index is 0. The van der Waals surface area contributed by atoms with Gasteiger partial charge in [0.1, 0.15) is 0 Å². The Hall–Kier alpha value is -1.79. The van der Waals surface area contributed by atoms with Crippen LogP contribution < -0.4 is 10.0 Å². The lowest BCUT2D eigenvalue weighted by atomic mass is 10.0. The van der Waals surface area contributed by atoms with Crippen molar-refractivity contribution in [2.75, 3.05) is 11.3 Å². The fourth-order valence-electron chi connectivity index (χ4n) is 3.23. The molecule has 7 heteroatoms. The molecule has 1 aliphatic rings. The number of sulfonamides is 1. The van der Waals surface area contributed by atoms with Crippen LogP contribution in [0.25, 0.3) is 10.8 Å². The highest BCUT2D eigenvalue weighted by Crippen LogP contribution is 2.30. The van der Waals surface area contributed by atoms with Crippen molar-refractivity contribution in [1.82, 2.24) is 5.32 Å². The Bertz CT molecular complexity index is 1070. The average molecular weight is 409 g/mol. The summed E-state index contributed by atoms with van der Waals surface area (Å²) in [6, 6.07) is 16.1. The molecule has 2 N–H and O–H groups in total. The van der Waals surface area contributed by atoms with E-state index in [1.165, 1.54) is 5.56 Å². The molecule has 3 aromatic carbocycles. The largest absolute Gasteiger partial charge is 0.312 e. The van der Waals surface area contributed by atoms with Crippen molar-refractivity contribution in [2.24, 2.45) is 0 Å². The average Bonchev–Trinajstić information content (AvgIpc) is 2.61. The second-order valence-electron chi connectivity index (χ2n) is 6.11. The molecule has 0 aliphatic carbocycles. The number of rotatable bonds is 3. The summed E-state index contributed by atoms with van der Waals surface area (Å²) >= 11 is 6.20. The molecule has 136 valence electrons. The maximum atomic E-state index is 12.9. The molecule has 0 saturated heterocycles. The molecule has 3 aromatic rings. The van der Waals surface area contributed by atoms with Crippen molar-refractivity contribution in [2.45, 2.75) is 17.9 Å². The summed E-state index contributed by atoms with van der Waals surface area (Å²) in [7, 11) is -3.71. The third kappa shape index (κ3) is 3.53. The maximum absolute atomic E-state index is 12.9. The molecule has 0 unspecified atom stereocenters. The van der Waals surface area contributed by atoms with Crippen LogP contribution in [0.1, 0.15) is 11.1 Å². The van der Waals surface area contributed by atoms with Crippen molar-refractivity contribution in [1.29, 1.82) is 0 Å². The number of nitrogens with one attached hydrogen (secondary N) is 2. The number of fused-ring (bicyclic) bond motifs is 2. The molecule has 0 aromatic heterocycles. The van der Waals surface area contributed by atoms with E-state index >= 15 is 0 Å². The van der Waals surface area contributed by atoms with Crippen LogP contribution in [-0.4, -0.2) is 15.0 Å². The van der Waals surface area contributed by atoms with Gasteiger partial charge in [0.25, 0.3) is 10.0 Å². The highest BCUT2D eigenvalue weighted by molar-refractivity contribution is 7.93. The number of anilines is 1. The highest BCUT2D eigenvalue weighted by atomic mass is 35.5. The van der Waals surface area contributed by atoms with Gasteiger partial charge in [0, 0.05) is 28.0 Å². The Morgan fingerprint density at radius 1 is 0.962 bits per heavy atom. The molecule has 0 amide bonds. The van der Waals surface area contributed by atoms with Crippen LogP contribution in [0.5, 0.6) is 0 Å². The van der Waals surface area contributed by atoms with Gasteiger partial charge in [-0.2, -0.15) is 0 Å². The highest BCUT2D eigenvalue weighted by Gasteiger charge is 2.19. The number of benzene rings is 3. The van der Waals surface area contributed by atoms with E-state index in [-0.39, 0.29) is 17.3 Å². The van der Waals surface area contributed by atoms with E-state index < -0.39 is 10.0 Å². The predicted octanol–water partition coefficient (Wildman–Crippen LogP) is 4.36. The number of hydrogen-bond acceptors (Lipinski definition) is 3. The molecule has 0 fully saturated rings. The Balaban J connectivity index is 0.00000196. The lowest BCUT2D eigenvalue weighted by Gasteiger charge is -2.18. The molecule has 26 heavy (non-hydrogen) atoms. The van der Waals surface area contributed by atoms with Gasteiger partial charge in [-0.1, -0.05) is 41.9 Å². The SMILES string of the molecule is Cl.O=S(=O)(Nc1ccc2c(c1)CNCC2)c1cccc2c(Cl)cccc12. The van der Waals surface area contributed by atoms with E-state index in [1.54, 1.807) is 30.3 Å². The van der Waals surface area contributed by atoms with Crippen LogP contribution in [0.3, 0.4) is 0 Å². The van der Waals surface area contributed by atoms with Crippen LogP contribution >= 0.6 is 24.0 Å². The van der Waals surface area contributed by atoms with Crippen molar-refractivity contribution >= 4 is 50.5 Å². The molecule has 0 spiro atoms. The fraction of sp³-hybridized carbons (Fsp3) is 0.158. The lowest BCUT2D eigenvalue weighted by Crippen LogP contribution is -2.23. The number of hydrogen-bond donors (Lipinski definition) is 2. The molecule has 0 atom stereocenters. The molecule has 0 radical (unpaired) electrons. The molecule has 0 saturated carbocycles. The first-order valence-electron chi connectivity index (χ1n) is 8.07. The Labute approximate surface area is 164 Å². The van der Waals surface area contributed by atoms with Crippen LogP contribution in [0, 0.1) is 0 Å². The molecule has 4 nitrogen and oxygen atoms in total. The summed E-state index contributed by atoms with van der Waals surface area (Å²) in [5.74, 6) is 0. The maximum Gasteiger partial charge on any atom is 0.262 e. The Kier molecular flexibility index (Phi) is 5.44. The fourth-order valence-corrected chi connectivity index (χ4v) is 4.74. The van der Waals surface area contributed by atoms with Crippen molar-refractivity contribution in [3.05, 3.63) is 70.7 Å². The monoisotopic (exact) mass is 408 g/mol. The zero-order valence-electron chi connectivity index (χ0n) is 13.8. The van der Waals surface area contributed by atoms with E-state index in [4.69, 9.17) is 11.6 Å². The van der Waals surface area contributed by atoms with Crippen molar-refractivity contribution in [3.8, 4) is 0 Å². The zero-order chi connectivity index (χ0) is 17.4. The Morgan fingerprint density at radius 2 is 1.73 bits per heavy atom. The van der Waals surface area contributed by atoms with E-state index in [2.05, 4.69) is 10.0 Å². The lowest BCUT2D eigenvalue weighted by molar-refractivity contribution is 0.602. The smallest absolute Gasteiger partial charge is 0.262 e. The standard InChI is InChI=1S/C19H17ClN2O2S.ClH/c20-18-5-1-4-17-16(18)3-2-6-19(17)25(23,24)22-15-8-7-13-9-10-21-12-14(13)11-15;/h1-8,11,21-22H,9-10,12H2;1H. The van der Waals surface area contributed by atoms with Gasteiger partial charge in [0.2, 0.25) is 0 Å². The Morgan fingerprint density at radius 3 is 2.58 bits per heavy atom. The van der Waals surface area contributed by atoms with E-state index in [0.29, 0.717) is 16.1 Å². The van der Waals surface area contributed by atoms with Crippen LogP contribution in [0.4, 0.5) is 5.69 Å². The van der Waals surface area contributed by atoms with Crippen LogP contribution in [-0.2, 0) is 23.0 Å². The second-order valence-corrected chi connectivity index (χ2v) is 8.16. The first-order chi connectivity index (χ1) is 12.0. The second kappa shape index (κ2) is 7.45. The summed E-state index contributed by atoms with van der Waals surface area (Å²) in [6.45, 7) is 1.71. The van der Waals surface area contributed by atoms with Gasteiger partial charge >= 0.3 is 0 Å². The first-order valence-corrected chi connectivity index (χ1v) is 9.93. The first kappa shape index (κ1) is 19.0. The van der Waals surface area contributed by atoms with Gasteiger partial charge in [0.15, 0.2) is 0 Å². The summed E-state index contributed by atoms with van der Waals surface area (Å²) in [5, 5.41) is 5.17. The van der Waals surface area contributed by atoms with Crippen LogP contribution in [0.2, 0.25) is 5.02 Å². The van der Waals surface area contributed by atoms with Crippen LogP contribution in [0.15, 0.2) is 59.5 Å². The van der Waals surface area contributed by atoms with E-state index in [1.807, 2.05) is 24.3 Å². The molecule has 4 rings (SSSR count). The van der Waals surface area contributed by atoms with E-state index in [9.17, 15) is 8.42 Å². The minimum Gasteiger partial charge on any atom is -0.312 e. The molecular formula is C19H18Cl2N2O2S. The molecular weight excluding hydrogens is 391 g/mol. The number of halogens is 2.